The zero-order chi connectivity index (χ0) is 14.0. The Kier molecular flexibility index (Phi) is 4.34. The van der Waals surface area contributed by atoms with Gasteiger partial charge in [0, 0.05) is 33.2 Å². The number of piperidine rings is 1. The summed E-state index contributed by atoms with van der Waals surface area (Å²) in [5.74, 6) is 1.08. The van der Waals surface area contributed by atoms with Gasteiger partial charge in [-0.2, -0.15) is 5.10 Å². The van der Waals surface area contributed by atoms with Gasteiger partial charge < -0.3 is 15.5 Å². The van der Waals surface area contributed by atoms with Crippen LogP contribution in [0.25, 0.3) is 0 Å². The van der Waals surface area contributed by atoms with Crippen molar-refractivity contribution in [2.75, 3.05) is 37.3 Å². The molecule has 1 saturated heterocycles. The third-order valence-corrected chi connectivity index (χ3v) is 4.35. The number of rotatable bonds is 4. The molecule has 0 saturated carbocycles. The number of hydrogen-bond donors (Lipinski definition) is 1. The van der Waals surface area contributed by atoms with E-state index in [1.807, 2.05) is 11.7 Å². The maximum atomic E-state index is 6.24. The highest BCUT2D eigenvalue weighted by atomic mass is 15.4. The second-order valence-electron chi connectivity index (χ2n) is 5.44. The maximum Gasteiger partial charge on any atom is 0.150 e. The summed E-state index contributed by atoms with van der Waals surface area (Å²) in [6.07, 6.45) is 3.30. The van der Waals surface area contributed by atoms with Gasteiger partial charge in [-0.15, -0.1) is 0 Å². The minimum Gasteiger partial charge on any atom is -0.394 e. The van der Waals surface area contributed by atoms with E-state index in [2.05, 4.69) is 35.8 Å². The summed E-state index contributed by atoms with van der Waals surface area (Å²) in [4.78, 5) is 4.84. The molecule has 1 fully saturated rings. The predicted octanol–water partition coefficient (Wildman–Crippen LogP) is 1.49. The Balaban J connectivity index is 2.12. The van der Waals surface area contributed by atoms with Gasteiger partial charge in [0.2, 0.25) is 0 Å². The topological polar surface area (TPSA) is 50.3 Å². The van der Waals surface area contributed by atoms with E-state index in [4.69, 9.17) is 5.73 Å². The van der Waals surface area contributed by atoms with Gasteiger partial charge in [0.15, 0.2) is 0 Å². The van der Waals surface area contributed by atoms with Crippen LogP contribution in [0.2, 0.25) is 0 Å². The highest BCUT2D eigenvalue weighted by Crippen LogP contribution is 2.29. The number of likely N-dealkylation sites (tertiary alicyclic amines) is 1. The predicted molar refractivity (Wildman–Crippen MR) is 80.5 cm³/mol. The van der Waals surface area contributed by atoms with Crippen molar-refractivity contribution in [3.63, 3.8) is 0 Å². The average Bonchev–Trinajstić information content (AvgIpc) is 2.72. The molecule has 1 aromatic heterocycles. The summed E-state index contributed by atoms with van der Waals surface area (Å²) in [6, 6.07) is 0.574. The SMILES string of the molecule is CCc1nn(C)c(N(C)C2CCN(CC)CC2)c1N. The van der Waals surface area contributed by atoms with Crippen LogP contribution in [0.5, 0.6) is 0 Å². The molecule has 2 N–H and O–H groups in total. The molecule has 5 heteroatoms. The van der Waals surface area contributed by atoms with Crippen LogP contribution in [0.15, 0.2) is 0 Å². The van der Waals surface area contributed by atoms with Gasteiger partial charge in [0.05, 0.1) is 11.4 Å². The fraction of sp³-hybridized carbons (Fsp3) is 0.786. The quantitative estimate of drug-likeness (QED) is 0.896. The Labute approximate surface area is 116 Å². The van der Waals surface area contributed by atoms with Gasteiger partial charge in [-0.25, -0.2) is 0 Å². The third kappa shape index (κ3) is 2.71. The van der Waals surface area contributed by atoms with Gasteiger partial charge in [-0.05, 0) is 25.8 Å². The van der Waals surface area contributed by atoms with E-state index < -0.39 is 0 Å². The summed E-state index contributed by atoms with van der Waals surface area (Å²) in [5, 5.41) is 4.52. The van der Waals surface area contributed by atoms with E-state index in [1.54, 1.807) is 0 Å². The minimum atomic E-state index is 0.574. The highest BCUT2D eigenvalue weighted by molar-refractivity contribution is 5.66. The molecule has 0 aromatic carbocycles. The second kappa shape index (κ2) is 5.82. The van der Waals surface area contributed by atoms with E-state index in [0.717, 1.165) is 30.2 Å². The van der Waals surface area contributed by atoms with Gasteiger partial charge in [-0.3, -0.25) is 4.68 Å². The van der Waals surface area contributed by atoms with Crippen molar-refractivity contribution in [3.8, 4) is 0 Å². The summed E-state index contributed by atoms with van der Waals surface area (Å²) in [6.45, 7) is 7.86. The van der Waals surface area contributed by atoms with E-state index >= 15 is 0 Å². The fourth-order valence-corrected chi connectivity index (χ4v) is 3.06. The monoisotopic (exact) mass is 265 g/mol. The van der Waals surface area contributed by atoms with Crippen molar-refractivity contribution >= 4 is 11.5 Å². The number of aromatic nitrogens is 2. The molecule has 0 aliphatic carbocycles. The van der Waals surface area contributed by atoms with Crippen LogP contribution in [-0.2, 0) is 13.5 Å². The van der Waals surface area contributed by atoms with Gasteiger partial charge in [0.1, 0.15) is 5.82 Å². The molecule has 0 radical (unpaired) electrons. The molecule has 5 nitrogen and oxygen atoms in total. The standard InChI is InChI=1S/C14H27N5/c1-5-12-13(15)14(18(4)16-12)17(3)11-7-9-19(6-2)10-8-11/h11H,5-10,15H2,1-4H3. The zero-order valence-corrected chi connectivity index (χ0v) is 12.7. The van der Waals surface area contributed by atoms with E-state index in [0.29, 0.717) is 6.04 Å². The molecule has 1 aliphatic heterocycles. The largest absolute Gasteiger partial charge is 0.394 e. The second-order valence-corrected chi connectivity index (χ2v) is 5.44. The Morgan fingerprint density at radius 2 is 1.95 bits per heavy atom. The lowest BCUT2D eigenvalue weighted by Crippen LogP contribution is -2.44. The van der Waals surface area contributed by atoms with E-state index in [1.165, 1.54) is 25.9 Å². The van der Waals surface area contributed by atoms with Crippen LogP contribution in [0.4, 0.5) is 11.5 Å². The number of hydrogen-bond acceptors (Lipinski definition) is 4. The Morgan fingerprint density at radius 3 is 2.42 bits per heavy atom. The molecule has 0 spiro atoms. The summed E-state index contributed by atoms with van der Waals surface area (Å²) < 4.78 is 1.93. The van der Waals surface area contributed by atoms with Crippen molar-refractivity contribution < 1.29 is 0 Å². The maximum absolute atomic E-state index is 6.24. The van der Waals surface area contributed by atoms with Crippen LogP contribution in [-0.4, -0.2) is 47.4 Å². The van der Waals surface area contributed by atoms with Crippen molar-refractivity contribution in [2.45, 2.75) is 39.2 Å². The van der Waals surface area contributed by atoms with Gasteiger partial charge in [0.25, 0.3) is 0 Å². The Bertz CT molecular complexity index is 418. The first kappa shape index (κ1) is 14.2. The molecule has 108 valence electrons. The molecule has 1 aliphatic rings. The van der Waals surface area contributed by atoms with Crippen molar-refractivity contribution in [3.05, 3.63) is 5.69 Å². The molecular formula is C14H27N5. The lowest BCUT2D eigenvalue weighted by molar-refractivity contribution is 0.220. The summed E-state index contributed by atoms with van der Waals surface area (Å²) in [7, 11) is 4.14. The highest BCUT2D eigenvalue weighted by Gasteiger charge is 2.25. The van der Waals surface area contributed by atoms with Gasteiger partial charge in [-0.1, -0.05) is 13.8 Å². The lowest BCUT2D eigenvalue weighted by Gasteiger charge is -2.37. The van der Waals surface area contributed by atoms with E-state index in [9.17, 15) is 0 Å². The normalized spacial score (nSPS) is 17.9. The number of aryl methyl sites for hydroxylation is 2. The first-order valence-electron chi connectivity index (χ1n) is 7.35. The lowest BCUT2D eigenvalue weighted by atomic mass is 10.0. The number of nitrogens with zero attached hydrogens (tertiary/aromatic N) is 4. The molecular weight excluding hydrogens is 238 g/mol. The smallest absolute Gasteiger partial charge is 0.150 e. The molecule has 2 heterocycles. The molecule has 0 atom stereocenters. The van der Waals surface area contributed by atoms with E-state index in [-0.39, 0.29) is 0 Å². The first-order chi connectivity index (χ1) is 9.08. The Morgan fingerprint density at radius 1 is 1.32 bits per heavy atom. The minimum absolute atomic E-state index is 0.574. The molecule has 19 heavy (non-hydrogen) atoms. The van der Waals surface area contributed by atoms with Crippen LogP contribution in [0.3, 0.4) is 0 Å². The van der Waals surface area contributed by atoms with Crippen molar-refractivity contribution in [1.82, 2.24) is 14.7 Å². The van der Waals surface area contributed by atoms with Crippen LogP contribution < -0.4 is 10.6 Å². The van der Waals surface area contributed by atoms with Gasteiger partial charge >= 0.3 is 0 Å². The van der Waals surface area contributed by atoms with Crippen molar-refractivity contribution in [2.24, 2.45) is 7.05 Å². The summed E-state index contributed by atoms with van der Waals surface area (Å²) in [5.41, 5.74) is 8.10. The number of nitrogen functional groups attached to an aromatic ring is 1. The molecule has 1 aromatic rings. The Hall–Kier alpha value is -1.23. The first-order valence-corrected chi connectivity index (χ1v) is 7.35. The van der Waals surface area contributed by atoms with Crippen LogP contribution in [0.1, 0.15) is 32.4 Å². The molecule has 2 rings (SSSR count). The molecule has 0 unspecified atom stereocenters. The summed E-state index contributed by atoms with van der Waals surface area (Å²) >= 11 is 0. The number of anilines is 2. The third-order valence-electron chi connectivity index (χ3n) is 4.35. The zero-order valence-electron chi connectivity index (χ0n) is 12.7. The molecule has 0 amide bonds. The fourth-order valence-electron chi connectivity index (χ4n) is 3.06. The van der Waals surface area contributed by atoms with Crippen LogP contribution >= 0.6 is 0 Å². The van der Waals surface area contributed by atoms with Crippen molar-refractivity contribution in [1.29, 1.82) is 0 Å². The average molecular weight is 265 g/mol. The molecule has 0 bridgehead atoms. The number of nitrogens with two attached hydrogens (primary N) is 1. The van der Waals surface area contributed by atoms with Crippen LogP contribution in [0, 0.1) is 0 Å².